The summed E-state index contributed by atoms with van der Waals surface area (Å²) >= 11 is 0. The third-order valence-corrected chi connectivity index (χ3v) is 4.51. The quantitative estimate of drug-likeness (QED) is 0.898. The lowest BCUT2D eigenvalue weighted by Gasteiger charge is -2.23. The van der Waals surface area contributed by atoms with Crippen LogP contribution in [0.5, 0.6) is 0 Å². The first kappa shape index (κ1) is 19.2. The van der Waals surface area contributed by atoms with Crippen molar-refractivity contribution in [3.8, 4) is 11.5 Å². The van der Waals surface area contributed by atoms with E-state index in [-0.39, 0.29) is 24.8 Å². The highest BCUT2D eigenvalue weighted by Crippen LogP contribution is 2.21. The van der Waals surface area contributed by atoms with Gasteiger partial charge in [-0.25, -0.2) is 4.98 Å². The fourth-order valence-corrected chi connectivity index (χ4v) is 3.33. The number of nitrogens with zero attached hydrogens (tertiary/aromatic N) is 4. The molecule has 8 heteroatoms. The van der Waals surface area contributed by atoms with Crippen LogP contribution in [0.3, 0.4) is 0 Å². The van der Waals surface area contributed by atoms with Crippen molar-refractivity contribution in [1.82, 2.24) is 24.6 Å². The van der Waals surface area contributed by atoms with Crippen molar-refractivity contribution in [2.45, 2.75) is 51.4 Å². The number of fused-ring (bicyclic) bond motifs is 1. The Morgan fingerprint density at radius 2 is 2.17 bits per heavy atom. The lowest BCUT2D eigenvalue weighted by atomic mass is 10.1. The minimum Gasteiger partial charge on any atom is -0.376 e. The highest BCUT2D eigenvalue weighted by Gasteiger charge is 2.19. The van der Waals surface area contributed by atoms with Crippen molar-refractivity contribution in [2.24, 2.45) is 0 Å². The Bertz CT molecular complexity index is 613. The zero-order valence-electron chi connectivity index (χ0n) is 13.7. The Hall–Kier alpha value is -1.08. The maximum absolute atomic E-state index is 5.86. The van der Waals surface area contributed by atoms with Crippen LogP contribution < -0.4 is 5.32 Å². The molecule has 4 heterocycles. The molecule has 0 saturated carbocycles. The number of rotatable bonds is 3. The van der Waals surface area contributed by atoms with Gasteiger partial charge < -0.3 is 14.6 Å². The minimum atomic E-state index is 0. The van der Waals surface area contributed by atoms with Crippen LogP contribution in [0.2, 0.25) is 0 Å². The van der Waals surface area contributed by atoms with E-state index in [1.54, 1.807) is 0 Å². The van der Waals surface area contributed by atoms with Gasteiger partial charge in [0.1, 0.15) is 5.69 Å². The average molecular weight is 374 g/mol. The van der Waals surface area contributed by atoms with E-state index in [0.717, 1.165) is 57.1 Å². The first-order valence-electron chi connectivity index (χ1n) is 8.31. The van der Waals surface area contributed by atoms with Crippen LogP contribution >= 0.6 is 24.8 Å². The summed E-state index contributed by atoms with van der Waals surface area (Å²) in [6.45, 7) is 4.69. The van der Waals surface area contributed by atoms with E-state index in [1.807, 2.05) is 12.4 Å². The van der Waals surface area contributed by atoms with Crippen LogP contribution in [-0.4, -0.2) is 38.6 Å². The summed E-state index contributed by atoms with van der Waals surface area (Å²) in [5, 5.41) is 8.19. The number of halogens is 2. The van der Waals surface area contributed by atoms with Gasteiger partial charge in [0.2, 0.25) is 0 Å². The first-order valence-corrected chi connectivity index (χ1v) is 8.31. The molecule has 1 fully saturated rings. The second-order valence-electron chi connectivity index (χ2n) is 6.17. The van der Waals surface area contributed by atoms with E-state index in [9.17, 15) is 0 Å². The van der Waals surface area contributed by atoms with Gasteiger partial charge in [0, 0.05) is 32.1 Å². The second-order valence-corrected chi connectivity index (χ2v) is 6.17. The molecule has 2 aromatic rings. The predicted molar refractivity (Wildman–Crippen MR) is 97.9 cm³/mol. The van der Waals surface area contributed by atoms with E-state index in [0.29, 0.717) is 6.10 Å². The molecule has 1 unspecified atom stereocenters. The van der Waals surface area contributed by atoms with Gasteiger partial charge in [-0.3, -0.25) is 4.68 Å². The summed E-state index contributed by atoms with van der Waals surface area (Å²) in [6, 6.07) is 2.17. The van der Waals surface area contributed by atoms with Crippen molar-refractivity contribution in [1.29, 1.82) is 0 Å². The molecule has 4 rings (SSSR count). The summed E-state index contributed by atoms with van der Waals surface area (Å²) in [5.74, 6) is 0.953. The molecular weight excluding hydrogens is 349 g/mol. The molecule has 24 heavy (non-hydrogen) atoms. The van der Waals surface area contributed by atoms with Gasteiger partial charge in [-0.2, -0.15) is 5.10 Å². The smallest absolute Gasteiger partial charge is 0.160 e. The first-order chi connectivity index (χ1) is 10.9. The van der Waals surface area contributed by atoms with Crippen LogP contribution in [0, 0.1) is 0 Å². The largest absolute Gasteiger partial charge is 0.376 e. The zero-order chi connectivity index (χ0) is 14.8. The van der Waals surface area contributed by atoms with Crippen LogP contribution in [0.25, 0.3) is 11.5 Å². The number of aromatic nitrogens is 4. The third-order valence-electron chi connectivity index (χ3n) is 4.51. The molecule has 1 atom stereocenters. The fraction of sp³-hybridized carbons (Fsp3) is 0.625. The summed E-state index contributed by atoms with van der Waals surface area (Å²) < 4.78 is 10.2. The monoisotopic (exact) mass is 373 g/mol. The molecule has 6 nitrogen and oxygen atoms in total. The molecule has 2 aromatic heterocycles. The van der Waals surface area contributed by atoms with Gasteiger partial charge in [0.05, 0.1) is 18.3 Å². The number of ether oxygens (including phenoxy) is 1. The Balaban J connectivity index is 0.00000104. The maximum atomic E-state index is 5.86. The SMILES string of the molecule is Cl.Cl.c1cn(CC2CCCCO2)c(-c2cc3n(n2)CCCNC3)n1. The van der Waals surface area contributed by atoms with E-state index < -0.39 is 0 Å². The number of hydrogen-bond donors (Lipinski definition) is 1. The van der Waals surface area contributed by atoms with Crippen molar-refractivity contribution >= 4 is 24.8 Å². The standard InChI is InChI=1S/C16H23N5O.2ClH/c1-2-9-22-14(4-1)12-20-8-6-18-16(20)15-10-13-11-17-5-3-7-21(13)19-15;;/h6,8,10,14,17H,1-5,7,9,11-12H2;2*1H. The van der Waals surface area contributed by atoms with Gasteiger partial charge in [-0.05, 0) is 38.3 Å². The summed E-state index contributed by atoms with van der Waals surface area (Å²) in [6.07, 6.45) is 8.92. The van der Waals surface area contributed by atoms with E-state index in [2.05, 4.69) is 25.6 Å². The summed E-state index contributed by atoms with van der Waals surface area (Å²) in [4.78, 5) is 4.53. The number of imidazole rings is 1. The highest BCUT2D eigenvalue weighted by molar-refractivity contribution is 5.85. The van der Waals surface area contributed by atoms with Gasteiger partial charge in [0.15, 0.2) is 5.82 Å². The van der Waals surface area contributed by atoms with Crippen LogP contribution in [-0.2, 0) is 24.4 Å². The Morgan fingerprint density at radius 3 is 3.00 bits per heavy atom. The summed E-state index contributed by atoms with van der Waals surface area (Å²) in [7, 11) is 0. The lowest BCUT2D eigenvalue weighted by Crippen LogP contribution is -2.24. The van der Waals surface area contributed by atoms with Crippen molar-refractivity contribution in [2.75, 3.05) is 13.2 Å². The molecule has 0 bridgehead atoms. The second kappa shape index (κ2) is 8.85. The Morgan fingerprint density at radius 1 is 1.25 bits per heavy atom. The van der Waals surface area contributed by atoms with Crippen LogP contribution in [0.1, 0.15) is 31.4 Å². The van der Waals surface area contributed by atoms with E-state index >= 15 is 0 Å². The molecule has 0 spiro atoms. The van der Waals surface area contributed by atoms with Crippen LogP contribution in [0.4, 0.5) is 0 Å². The van der Waals surface area contributed by atoms with E-state index in [4.69, 9.17) is 9.84 Å². The molecule has 134 valence electrons. The van der Waals surface area contributed by atoms with Crippen LogP contribution in [0.15, 0.2) is 18.5 Å². The number of aryl methyl sites for hydroxylation is 1. The number of nitrogens with one attached hydrogen (secondary N) is 1. The van der Waals surface area contributed by atoms with Gasteiger partial charge in [-0.1, -0.05) is 0 Å². The molecular formula is C16H25Cl2N5O. The number of hydrogen-bond acceptors (Lipinski definition) is 4. The molecule has 1 N–H and O–H groups in total. The predicted octanol–water partition coefficient (Wildman–Crippen LogP) is 2.65. The van der Waals surface area contributed by atoms with Crippen molar-refractivity contribution in [3.63, 3.8) is 0 Å². The van der Waals surface area contributed by atoms with Crippen molar-refractivity contribution in [3.05, 3.63) is 24.2 Å². The lowest BCUT2D eigenvalue weighted by molar-refractivity contribution is 0.00623. The van der Waals surface area contributed by atoms with Gasteiger partial charge >= 0.3 is 0 Å². The Kier molecular flexibility index (Phi) is 7.10. The fourth-order valence-electron chi connectivity index (χ4n) is 3.33. The molecule has 0 amide bonds. The topological polar surface area (TPSA) is 56.9 Å². The minimum absolute atomic E-state index is 0. The average Bonchev–Trinajstić information content (AvgIpc) is 3.10. The summed E-state index contributed by atoms with van der Waals surface area (Å²) in [5.41, 5.74) is 2.22. The molecule has 0 radical (unpaired) electrons. The van der Waals surface area contributed by atoms with E-state index in [1.165, 1.54) is 18.5 Å². The molecule has 0 aliphatic carbocycles. The Labute approximate surface area is 154 Å². The highest BCUT2D eigenvalue weighted by atomic mass is 35.5. The molecule has 1 saturated heterocycles. The van der Waals surface area contributed by atoms with Gasteiger partial charge in [0.25, 0.3) is 0 Å². The van der Waals surface area contributed by atoms with Crippen molar-refractivity contribution < 1.29 is 4.74 Å². The maximum Gasteiger partial charge on any atom is 0.160 e. The molecule has 2 aliphatic rings. The molecule has 2 aliphatic heterocycles. The third kappa shape index (κ3) is 4.11. The molecule has 0 aromatic carbocycles. The normalized spacial score (nSPS) is 20.4. The van der Waals surface area contributed by atoms with Gasteiger partial charge in [-0.15, -0.1) is 24.8 Å². The zero-order valence-corrected chi connectivity index (χ0v) is 15.3.